The van der Waals surface area contributed by atoms with Crippen LogP contribution in [0.2, 0.25) is 0 Å². The van der Waals surface area contributed by atoms with Gasteiger partial charge in [-0.1, -0.05) is 0 Å². The fourth-order valence-corrected chi connectivity index (χ4v) is 2.52. The maximum atomic E-state index is 12.2. The van der Waals surface area contributed by atoms with Crippen LogP contribution in [0.25, 0.3) is 0 Å². The molecule has 2 heterocycles. The van der Waals surface area contributed by atoms with Gasteiger partial charge in [0.1, 0.15) is 0 Å². The number of likely N-dealkylation sites (N-methyl/N-ethyl adjacent to an activating group) is 1. The largest absolute Gasteiger partial charge is 0.481 e. The zero-order valence-corrected chi connectivity index (χ0v) is 10.7. The summed E-state index contributed by atoms with van der Waals surface area (Å²) < 4.78 is 5.27. The third kappa shape index (κ3) is 2.75. The summed E-state index contributed by atoms with van der Waals surface area (Å²) in [5, 5.41) is 8.91. The van der Waals surface area contributed by atoms with Crippen molar-refractivity contribution in [3.8, 4) is 0 Å². The van der Waals surface area contributed by atoms with Gasteiger partial charge in [-0.3, -0.25) is 4.79 Å². The fourth-order valence-electron chi connectivity index (χ4n) is 2.52. The highest BCUT2D eigenvalue weighted by Gasteiger charge is 2.31. The van der Waals surface area contributed by atoms with E-state index in [0.29, 0.717) is 39.1 Å². The van der Waals surface area contributed by atoms with Crippen LogP contribution in [0, 0.1) is 5.92 Å². The average molecular weight is 256 g/mol. The number of nitrogens with zero attached hydrogens (tertiary/aromatic N) is 2. The van der Waals surface area contributed by atoms with Crippen LogP contribution >= 0.6 is 0 Å². The Morgan fingerprint density at radius 1 is 1.28 bits per heavy atom. The molecular formula is C12H20N2O4. The van der Waals surface area contributed by atoms with E-state index >= 15 is 0 Å². The smallest absolute Gasteiger partial charge is 0.320 e. The lowest BCUT2D eigenvalue weighted by Crippen LogP contribution is -2.49. The quantitative estimate of drug-likeness (QED) is 0.786. The second-order valence-electron chi connectivity index (χ2n) is 5.01. The van der Waals surface area contributed by atoms with E-state index in [0.717, 1.165) is 6.42 Å². The summed E-state index contributed by atoms with van der Waals surface area (Å²) in [4.78, 5) is 26.5. The molecule has 1 N–H and O–H groups in total. The molecule has 2 saturated heterocycles. The fraction of sp³-hybridized carbons (Fsp3) is 0.833. The summed E-state index contributed by atoms with van der Waals surface area (Å²) in [6.07, 6.45) is 1.99. The number of piperidine rings is 1. The van der Waals surface area contributed by atoms with Gasteiger partial charge in [-0.05, 0) is 19.3 Å². The monoisotopic (exact) mass is 256 g/mol. The molecule has 2 aliphatic heterocycles. The van der Waals surface area contributed by atoms with Crippen LogP contribution in [-0.4, -0.2) is 66.3 Å². The highest BCUT2D eigenvalue weighted by molar-refractivity contribution is 5.75. The van der Waals surface area contributed by atoms with Gasteiger partial charge in [-0.15, -0.1) is 0 Å². The number of carbonyl (C=O) groups excluding carboxylic acids is 1. The summed E-state index contributed by atoms with van der Waals surface area (Å²) in [5.41, 5.74) is 0. The molecule has 0 spiro atoms. The molecule has 2 aliphatic rings. The first-order chi connectivity index (χ1) is 8.59. The number of rotatable bonds is 2. The number of likely N-dealkylation sites (tertiary alicyclic amines) is 1. The number of carboxylic acids is 1. The number of hydrogen-bond acceptors (Lipinski definition) is 3. The first-order valence-electron chi connectivity index (χ1n) is 6.42. The van der Waals surface area contributed by atoms with E-state index in [1.165, 1.54) is 0 Å². The molecular weight excluding hydrogens is 236 g/mol. The lowest BCUT2D eigenvalue weighted by Gasteiger charge is -2.35. The van der Waals surface area contributed by atoms with Crippen molar-refractivity contribution in [1.29, 1.82) is 0 Å². The van der Waals surface area contributed by atoms with Crippen LogP contribution < -0.4 is 0 Å². The number of hydrogen-bond donors (Lipinski definition) is 1. The third-order valence-corrected chi connectivity index (χ3v) is 3.87. The van der Waals surface area contributed by atoms with E-state index < -0.39 is 5.97 Å². The lowest BCUT2D eigenvalue weighted by molar-refractivity contribution is -0.143. The minimum atomic E-state index is -0.750. The van der Waals surface area contributed by atoms with Gasteiger partial charge in [0.05, 0.1) is 18.6 Å². The van der Waals surface area contributed by atoms with Gasteiger partial charge in [0.15, 0.2) is 0 Å². The summed E-state index contributed by atoms with van der Waals surface area (Å²) in [7, 11) is 1.80. The normalized spacial score (nSPS) is 25.2. The molecule has 0 aliphatic carbocycles. The van der Waals surface area contributed by atoms with Gasteiger partial charge in [0, 0.05) is 26.7 Å². The van der Waals surface area contributed by atoms with Crippen molar-refractivity contribution in [2.45, 2.75) is 25.3 Å². The zero-order chi connectivity index (χ0) is 13.1. The highest BCUT2D eigenvalue weighted by Crippen LogP contribution is 2.20. The summed E-state index contributed by atoms with van der Waals surface area (Å²) in [5.74, 6) is -1.05. The van der Waals surface area contributed by atoms with E-state index in [9.17, 15) is 9.59 Å². The SMILES string of the molecule is CN(C(=O)N1CCC(C(=O)O)CC1)C1CCOC1. The number of amides is 2. The summed E-state index contributed by atoms with van der Waals surface area (Å²) >= 11 is 0. The Hall–Kier alpha value is -1.30. The molecule has 2 fully saturated rings. The van der Waals surface area contributed by atoms with Gasteiger partial charge in [0.2, 0.25) is 0 Å². The predicted octanol–water partition coefficient (Wildman–Crippen LogP) is 0.624. The molecule has 6 nitrogen and oxygen atoms in total. The summed E-state index contributed by atoms with van der Waals surface area (Å²) in [6.45, 7) is 2.39. The topological polar surface area (TPSA) is 70.1 Å². The van der Waals surface area contributed by atoms with Crippen LogP contribution in [0.15, 0.2) is 0 Å². The zero-order valence-electron chi connectivity index (χ0n) is 10.7. The molecule has 0 aromatic carbocycles. The second kappa shape index (κ2) is 5.56. The van der Waals surface area contributed by atoms with Gasteiger partial charge in [-0.2, -0.15) is 0 Å². The number of carboxylic acid groups (broad SMARTS) is 1. The standard InChI is InChI=1S/C12H20N2O4/c1-13(10-4-7-18-8-10)12(17)14-5-2-9(3-6-14)11(15)16/h9-10H,2-8H2,1H3,(H,15,16). The van der Waals surface area contributed by atoms with E-state index in [2.05, 4.69) is 0 Å². The number of urea groups is 1. The minimum Gasteiger partial charge on any atom is -0.481 e. The van der Waals surface area contributed by atoms with Crippen molar-refractivity contribution in [2.24, 2.45) is 5.92 Å². The maximum absolute atomic E-state index is 12.2. The lowest BCUT2D eigenvalue weighted by atomic mass is 9.97. The Balaban J connectivity index is 1.85. The van der Waals surface area contributed by atoms with Crippen LogP contribution in [0.4, 0.5) is 4.79 Å². The predicted molar refractivity (Wildman–Crippen MR) is 64.3 cm³/mol. The molecule has 18 heavy (non-hydrogen) atoms. The van der Waals surface area contributed by atoms with E-state index in [1.807, 2.05) is 0 Å². The molecule has 0 aromatic heterocycles. The highest BCUT2D eigenvalue weighted by atomic mass is 16.5. The first-order valence-corrected chi connectivity index (χ1v) is 6.42. The molecule has 2 rings (SSSR count). The molecule has 0 aromatic rings. The molecule has 0 bridgehead atoms. The number of aliphatic carboxylic acids is 1. The Bertz CT molecular complexity index is 320. The van der Waals surface area contributed by atoms with Crippen molar-refractivity contribution in [3.63, 3.8) is 0 Å². The molecule has 2 amide bonds. The molecule has 0 radical (unpaired) electrons. The van der Waals surface area contributed by atoms with Crippen molar-refractivity contribution in [1.82, 2.24) is 9.80 Å². The Labute approximate surface area is 106 Å². The van der Waals surface area contributed by atoms with E-state index in [1.54, 1.807) is 16.8 Å². The molecule has 6 heteroatoms. The van der Waals surface area contributed by atoms with E-state index in [4.69, 9.17) is 9.84 Å². The average Bonchev–Trinajstić information content (AvgIpc) is 2.91. The minimum absolute atomic E-state index is 0.00524. The Kier molecular flexibility index (Phi) is 4.06. The third-order valence-electron chi connectivity index (χ3n) is 3.87. The maximum Gasteiger partial charge on any atom is 0.320 e. The second-order valence-corrected chi connectivity index (χ2v) is 5.01. The van der Waals surface area contributed by atoms with Crippen LogP contribution in [0.1, 0.15) is 19.3 Å². The van der Waals surface area contributed by atoms with Crippen LogP contribution in [-0.2, 0) is 9.53 Å². The van der Waals surface area contributed by atoms with Crippen molar-refractivity contribution in [3.05, 3.63) is 0 Å². The van der Waals surface area contributed by atoms with E-state index in [-0.39, 0.29) is 18.0 Å². The van der Waals surface area contributed by atoms with Crippen molar-refractivity contribution < 1.29 is 19.4 Å². The van der Waals surface area contributed by atoms with Crippen molar-refractivity contribution >= 4 is 12.0 Å². The van der Waals surface area contributed by atoms with Crippen LogP contribution in [0.5, 0.6) is 0 Å². The van der Waals surface area contributed by atoms with Gasteiger partial charge in [0.25, 0.3) is 0 Å². The van der Waals surface area contributed by atoms with Crippen molar-refractivity contribution in [2.75, 3.05) is 33.4 Å². The molecule has 1 unspecified atom stereocenters. The summed E-state index contributed by atoms with van der Waals surface area (Å²) in [6, 6.07) is 0.157. The number of carbonyl (C=O) groups is 2. The molecule has 102 valence electrons. The molecule has 0 saturated carbocycles. The molecule has 1 atom stereocenters. The Morgan fingerprint density at radius 2 is 1.94 bits per heavy atom. The van der Waals surface area contributed by atoms with Gasteiger partial charge < -0.3 is 19.6 Å². The first kappa shape index (κ1) is 13.1. The van der Waals surface area contributed by atoms with Gasteiger partial charge >= 0.3 is 12.0 Å². The van der Waals surface area contributed by atoms with Gasteiger partial charge in [-0.25, -0.2) is 4.79 Å². The van der Waals surface area contributed by atoms with Crippen LogP contribution in [0.3, 0.4) is 0 Å². The number of ether oxygens (including phenoxy) is 1. The Morgan fingerprint density at radius 3 is 2.44 bits per heavy atom.